The third kappa shape index (κ3) is 4.96. The SMILES string of the molecule is CCC(CC)CN(CC)C1CC(C(C)(C)CC)CCC1O. The summed E-state index contributed by atoms with van der Waals surface area (Å²) in [4.78, 5) is 2.57. The van der Waals surface area contributed by atoms with Gasteiger partial charge in [0.15, 0.2) is 0 Å². The molecule has 0 spiro atoms. The van der Waals surface area contributed by atoms with E-state index < -0.39 is 0 Å². The van der Waals surface area contributed by atoms with Gasteiger partial charge >= 0.3 is 0 Å². The number of rotatable bonds is 8. The summed E-state index contributed by atoms with van der Waals surface area (Å²) in [5.74, 6) is 1.53. The highest BCUT2D eigenvalue weighted by Crippen LogP contribution is 2.41. The van der Waals surface area contributed by atoms with E-state index in [-0.39, 0.29) is 6.10 Å². The molecule has 3 unspecified atom stereocenters. The number of aliphatic hydroxyl groups is 1. The van der Waals surface area contributed by atoms with E-state index in [1.54, 1.807) is 0 Å². The molecule has 0 aromatic heterocycles. The molecule has 0 bridgehead atoms. The van der Waals surface area contributed by atoms with E-state index in [1.165, 1.54) is 32.1 Å². The van der Waals surface area contributed by atoms with Gasteiger partial charge in [0.2, 0.25) is 0 Å². The lowest BCUT2D eigenvalue weighted by Gasteiger charge is -2.46. The summed E-state index contributed by atoms with van der Waals surface area (Å²) in [6.45, 7) is 16.2. The molecule has 1 saturated carbocycles. The fourth-order valence-electron chi connectivity index (χ4n) is 3.90. The van der Waals surface area contributed by atoms with Gasteiger partial charge in [-0.05, 0) is 43.1 Å². The standard InChI is InChI=1S/C19H39NO/c1-7-15(8-2)14-20(10-4)17-13-16(11-12-18(17)21)19(5,6)9-3/h15-18,21H,7-14H2,1-6H3. The molecule has 0 aliphatic heterocycles. The Kier molecular flexibility index (Phi) is 7.70. The van der Waals surface area contributed by atoms with Gasteiger partial charge in [0.25, 0.3) is 0 Å². The molecule has 2 heteroatoms. The number of nitrogens with zero attached hydrogens (tertiary/aromatic N) is 1. The zero-order chi connectivity index (χ0) is 16.0. The van der Waals surface area contributed by atoms with Crippen LogP contribution in [-0.4, -0.2) is 35.2 Å². The Balaban J connectivity index is 2.76. The number of likely N-dealkylation sites (N-methyl/N-ethyl adjacent to an activating group) is 1. The van der Waals surface area contributed by atoms with E-state index >= 15 is 0 Å². The highest BCUT2D eigenvalue weighted by Gasteiger charge is 2.38. The number of hydrogen-bond acceptors (Lipinski definition) is 2. The summed E-state index contributed by atoms with van der Waals surface area (Å²) in [5.41, 5.74) is 0.409. The van der Waals surface area contributed by atoms with Gasteiger partial charge in [-0.15, -0.1) is 0 Å². The minimum atomic E-state index is -0.122. The Labute approximate surface area is 133 Å². The minimum absolute atomic E-state index is 0.122. The van der Waals surface area contributed by atoms with Crippen molar-refractivity contribution in [1.29, 1.82) is 0 Å². The molecule has 0 heterocycles. The quantitative estimate of drug-likeness (QED) is 0.701. The third-order valence-electron chi connectivity index (χ3n) is 6.32. The van der Waals surface area contributed by atoms with Crippen molar-refractivity contribution in [1.82, 2.24) is 4.90 Å². The van der Waals surface area contributed by atoms with Crippen molar-refractivity contribution in [3.8, 4) is 0 Å². The van der Waals surface area contributed by atoms with Crippen LogP contribution in [0.4, 0.5) is 0 Å². The maximum Gasteiger partial charge on any atom is 0.0695 e. The molecular weight excluding hydrogens is 258 g/mol. The van der Waals surface area contributed by atoms with Crippen LogP contribution in [0.25, 0.3) is 0 Å². The second-order valence-electron chi connectivity index (χ2n) is 7.76. The monoisotopic (exact) mass is 297 g/mol. The lowest BCUT2D eigenvalue weighted by atomic mass is 9.67. The van der Waals surface area contributed by atoms with Crippen LogP contribution in [0.3, 0.4) is 0 Å². The predicted molar refractivity (Wildman–Crippen MR) is 92.5 cm³/mol. The summed E-state index contributed by atoms with van der Waals surface area (Å²) in [6, 6.07) is 0.375. The van der Waals surface area contributed by atoms with E-state index in [1.807, 2.05) is 0 Å². The summed E-state index contributed by atoms with van der Waals surface area (Å²) in [5, 5.41) is 10.5. The molecule has 0 aromatic carbocycles. The van der Waals surface area contributed by atoms with Crippen LogP contribution >= 0.6 is 0 Å². The van der Waals surface area contributed by atoms with Crippen LogP contribution in [0, 0.1) is 17.3 Å². The lowest BCUT2D eigenvalue weighted by Crippen LogP contribution is -2.50. The molecule has 0 radical (unpaired) electrons. The maximum atomic E-state index is 10.5. The average Bonchev–Trinajstić information content (AvgIpc) is 2.49. The van der Waals surface area contributed by atoms with Gasteiger partial charge < -0.3 is 5.11 Å². The summed E-state index contributed by atoms with van der Waals surface area (Å²) in [7, 11) is 0. The largest absolute Gasteiger partial charge is 0.391 e. The van der Waals surface area contributed by atoms with Crippen molar-refractivity contribution < 1.29 is 5.11 Å². The van der Waals surface area contributed by atoms with Crippen LogP contribution in [0.15, 0.2) is 0 Å². The number of hydrogen-bond donors (Lipinski definition) is 1. The highest BCUT2D eigenvalue weighted by molar-refractivity contribution is 4.91. The van der Waals surface area contributed by atoms with Crippen molar-refractivity contribution in [2.24, 2.45) is 17.3 Å². The van der Waals surface area contributed by atoms with Gasteiger partial charge in [0, 0.05) is 12.6 Å². The van der Waals surface area contributed by atoms with Crippen molar-refractivity contribution in [3.63, 3.8) is 0 Å². The molecule has 2 nitrogen and oxygen atoms in total. The predicted octanol–water partition coefficient (Wildman–Crippen LogP) is 4.71. The van der Waals surface area contributed by atoms with Crippen LogP contribution in [0.2, 0.25) is 0 Å². The van der Waals surface area contributed by atoms with Gasteiger partial charge in [-0.3, -0.25) is 4.90 Å². The molecule has 3 atom stereocenters. The second kappa shape index (κ2) is 8.53. The average molecular weight is 298 g/mol. The Bertz CT molecular complexity index is 285. The Hall–Kier alpha value is -0.0800. The molecule has 21 heavy (non-hydrogen) atoms. The molecule has 1 fully saturated rings. The Morgan fingerprint density at radius 3 is 2.19 bits per heavy atom. The molecule has 0 amide bonds. The first kappa shape index (κ1) is 19.0. The van der Waals surface area contributed by atoms with Crippen LogP contribution in [0.5, 0.6) is 0 Å². The molecule has 0 saturated heterocycles. The van der Waals surface area contributed by atoms with Gasteiger partial charge in [-0.1, -0.05) is 60.8 Å². The van der Waals surface area contributed by atoms with E-state index in [9.17, 15) is 5.11 Å². The molecule has 1 aliphatic rings. The fraction of sp³-hybridized carbons (Fsp3) is 1.00. The van der Waals surface area contributed by atoms with Gasteiger partial charge in [0.05, 0.1) is 6.10 Å². The van der Waals surface area contributed by atoms with Gasteiger partial charge in [0.1, 0.15) is 0 Å². The smallest absolute Gasteiger partial charge is 0.0695 e. The fourth-order valence-corrected chi connectivity index (χ4v) is 3.90. The summed E-state index contributed by atoms with van der Waals surface area (Å²) >= 11 is 0. The van der Waals surface area contributed by atoms with Crippen LogP contribution < -0.4 is 0 Å². The lowest BCUT2D eigenvalue weighted by molar-refractivity contribution is -0.0243. The molecule has 1 rings (SSSR count). The molecular formula is C19H39NO. The van der Waals surface area contributed by atoms with Gasteiger partial charge in [-0.25, -0.2) is 0 Å². The zero-order valence-electron chi connectivity index (χ0n) is 15.4. The van der Waals surface area contributed by atoms with E-state index in [4.69, 9.17) is 0 Å². The van der Waals surface area contributed by atoms with Crippen LogP contribution in [0.1, 0.15) is 80.1 Å². The summed E-state index contributed by atoms with van der Waals surface area (Å²) in [6.07, 6.45) is 6.97. The summed E-state index contributed by atoms with van der Waals surface area (Å²) < 4.78 is 0. The number of aliphatic hydroxyl groups excluding tert-OH is 1. The van der Waals surface area contributed by atoms with Crippen molar-refractivity contribution in [3.05, 3.63) is 0 Å². The normalized spacial score (nSPS) is 27.6. The van der Waals surface area contributed by atoms with E-state index in [2.05, 4.69) is 46.4 Å². The zero-order valence-corrected chi connectivity index (χ0v) is 15.4. The first-order valence-electron chi connectivity index (χ1n) is 9.31. The molecule has 1 N–H and O–H groups in total. The van der Waals surface area contributed by atoms with Crippen LogP contribution in [-0.2, 0) is 0 Å². The molecule has 0 aromatic rings. The second-order valence-corrected chi connectivity index (χ2v) is 7.76. The van der Waals surface area contributed by atoms with E-state index in [0.29, 0.717) is 11.5 Å². The highest BCUT2D eigenvalue weighted by atomic mass is 16.3. The topological polar surface area (TPSA) is 23.5 Å². The third-order valence-corrected chi connectivity index (χ3v) is 6.32. The molecule has 126 valence electrons. The van der Waals surface area contributed by atoms with Crippen molar-refractivity contribution in [2.45, 2.75) is 92.2 Å². The van der Waals surface area contributed by atoms with Crippen molar-refractivity contribution >= 4 is 0 Å². The Morgan fingerprint density at radius 2 is 1.71 bits per heavy atom. The first-order valence-corrected chi connectivity index (χ1v) is 9.31. The first-order chi connectivity index (χ1) is 9.89. The van der Waals surface area contributed by atoms with Gasteiger partial charge in [-0.2, -0.15) is 0 Å². The molecule has 1 aliphatic carbocycles. The Morgan fingerprint density at radius 1 is 1.10 bits per heavy atom. The van der Waals surface area contributed by atoms with Crippen molar-refractivity contribution in [2.75, 3.05) is 13.1 Å². The maximum absolute atomic E-state index is 10.5. The minimum Gasteiger partial charge on any atom is -0.391 e. The van der Waals surface area contributed by atoms with E-state index in [0.717, 1.165) is 31.3 Å².